The van der Waals surface area contributed by atoms with Crippen LogP contribution in [0.2, 0.25) is 0 Å². The third-order valence-corrected chi connectivity index (χ3v) is 3.77. The number of hydrogen-bond donors (Lipinski definition) is 1. The quantitative estimate of drug-likeness (QED) is 0.797. The summed E-state index contributed by atoms with van der Waals surface area (Å²) in [6, 6.07) is 3.55. The zero-order chi connectivity index (χ0) is 12.7. The molecule has 1 saturated heterocycles. The second-order valence-corrected chi connectivity index (χ2v) is 5.09. The van der Waals surface area contributed by atoms with Gasteiger partial charge in [0.25, 0.3) is 11.7 Å². The number of ketones is 1. The van der Waals surface area contributed by atoms with E-state index in [0.717, 1.165) is 23.2 Å². The lowest BCUT2D eigenvalue weighted by molar-refractivity contribution is -0.112. The first-order valence-corrected chi connectivity index (χ1v) is 6.48. The van der Waals surface area contributed by atoms with Gasteiger partial charge in [-0.15, -0.1) is 0 Å². The minimum absolute atomic E-state index is 0.434. The van der Waals surface area contributed by atoms with Crippen LogP contribution < -0.4 is 10.2 Å². The third-order valence-electron chi connectivity index (χ3n) is 3.14. The molecule has 1 fully saturated rings. The first kappa shape index (κ1) is 11.7. The molecular formula is C12H11BrN2O3. The van der Waals surface area contributed by atoms with Crippen LogP contribution in [0.4, 0.5) is 11.4 Å². The van der Waals surface area contributed by atoms with Gasteiger partial charge >= 0.3 is 0 Å². The molecule has 0 unspecified atom stereocenters. The van der Waals surface area contributed by atoms with E-state index in [-0.39, 0.29) is 0 Å². The highest BCUT2D eigenvalue weighted by atomic mass is 79.9. The number of nitrogens with zero attached hydrogens (tertiary/aromatic N) is 1. The van der Waals surface area contributed by atoms with E-state index in [1.54, 1.807) is 6.07 Å². The lowest BCUT2D eigenvalue weighted by Crippen LogP contribution is -2.36. The molecule has 5 nitrogen and oxygen atoms in total. The van der Waals surface area contributed by atoms with Crippen molar-refractivity contribution in [2.45, 2.75) is 0 Å². The molecule has 6 heteroatoms. The molecule has 3 rings (SSSR count). The molecule has 2 aliphatic rings. The van der Waals surface area contributed by atoms with Gasteiger partial charge < -0.3 is 15.0 Å². The Bertz CT molecular complexity index is 538. The summed E-state index contributed by atoms with van der Waals surface area (Å²) in [4.78, 5) is 25.1. The highest BCUT2D eigenvalue weighted by molar-refractivity contribution is 9.10. The van der Waals surface area contributed by atoms with Crippen LogP contribution in [0.1, 0.15) is 10.4 Å². The molecule has 1 aromatic rings. The lowest BCUT2D eigenvalue weighted by Gasteiger charge is -2.30. The minimum atomic E-state index is -0.559. The maximum atomic E-state index is 11.6. The van der Waals surface area contributed by atoms with Crippen molar-refractivity contribution in [2.24, 2.45) is 0 Å². The fourth-order valence-electron chi connectivity index (χ4n) is 2.20. The molecule has 0 aliphatic carbocycles. The van der Waals surface area contributed by atoms with Gasteiger partial charge in [0.1, 0.15) is 0 Å². The van der Waals surface area contributed by atoms with Crippen molar-refractivity contribution in [1.82, 2.24) is 0 Å². The number of benzene rings is 1. The Balaban J connectivity index is 2.00. The van der Waals surface area contributed by atoms with E-state index in [4.69, 9.17) is 4.74 Å². The van der Waals surface area contributed by atoms with Crippen molar-refractivity contribution in [3.05, 3.63) is 22.2 Å². The van der Waals surface area contributed by atoms with Crippen LogP contribution in [0.5, 0.6) is 0 Å². The number of hydrogen-bond acceptors (Lipinski definition) is 4. The van der Waals surface area contributed by atoms with Gasteiger partial charge in [0.15, 0.2) is 0 Å². The summed E-state index contributed by atoms with van der Waals surface area (Å²) in [5, 5.41) is 2.59. The van der Waals surface area contributed by atoms with Gasteiger partial charge in [-0.3, -0.25) is 9.59 Å². The summed E-state index contributed by atoms with van der Waals surface area (Å²) in [6.07, 6.45) is 0. The number of Topliss-reactive ketones (excluding diaryl/α,β-unsaturated/α-hetero) is 1. The highest BCUT2D eigenvalue weighted by Crippen LogP contribution is 2.35. The molecule has 0 atom stereocenters. The number of fused-ring (bicyclic) bond motifs is 1. The summed E-state index contributed by atoms with van der Waals surface area (Å²) in [6.45, 7) is 2.99. The number of morpholine rings is 1. The smallest absolute Gasteiger partial charge is 0.296 e. The van der Waals surface area contributed by atoms with Crippen LogP contribution in [0.25, 0.3) is 0 Å². The molecule has 18 heavy (non-hydrogen) atoms. The summed E-state index contributed by atoms with van der Waals surface area (Å²) >= 11 is 3.46. The highest BCUT2D eigenvalue weighted by Gasteiger charge is 2.29. The van der Waals surface area contributed by atoms with Crippen LogP contribution in [0.15, 0.2) is 16.6 Å². The molecule has 1 N–H and O–H groups in total. The Morgan fingerprint density at radius 3 is 2.67 bits per heavy atom. The second kappa shape index (κ2) is 4.37. The molecule has 0 bridgehead atoms. The van der Waals surface area contributed by atoms with Crippen molar-refractivity contribution < 1.29 is 14.3 Å². The van der Waals surface area contributed by atoms with Gasteiger partial charge in [-0.1, -0.05) is 0 Å². The molecular weight excluding hydrogens is 300 g/mol. The van der Waals surface area contributed by atoms with Crippen molar-refractivity contribution in [3.63, 3.8) is 0 Å². The topological polar surface area (TPSA) is 58.6 Å². The van der Waals surface area contributed by atoms with E-state index in [1.807, 2.05) is 6.07 Å². The van der Waals surface area contributed by atoms with Crippen LogP contribution in [-0.4, -0.2) is 38.0 Å². The molecule has 1 aromatic carbocycles. The Morgan fingerprint density at radius 1 is 1.22 bits per heavy atom. The fraction of sp³-hybridized carbons (Fsp3) is 0.333. The molecule has 0 saturated carbocycles. The Morgan fingerprint density at radius 2 is 1.94 bits per heavy atom. The molecule has 0 spiro atoms. The SMILES string of the molecule is O=C1Nc2cc(N3CCOCC3)c(Br)cc2C1=O. The van der Waals surface area contributed by atoms with E-state index < -0.39 is 11.7 Å². The van der Waals surface area contributed by atoms with Crippen molar-refractivity contribution in [2.75, 3.05) is 36.5 Å². The maximum absolute atomic E-state index is 11.6. The summed E-state index contributed by atoms with van der Waals surface area (Å²) < 4.78 is 6.13. The zero-order valence-corrected chi connectivity index (χ0v) is 11.1. The molecule has 94 valence electrons. The number of rotatable bonds is 1. The monoisotopic (exact) mass is 310 g/mol. The van der Waals surface area contributed by atoms with Crippen molar-refractivity contribution in [3.8, 4) is 0 Å². The third kappa shape index (κ3) is 1.81. The van der Waals surface area contributed by atoms with E-state index >= 15 is 0 Å². The van der Waals surface area contributed by atoms with Crippen LogP contribution in [0.3, 0.4) is 0 Å². The Labute approximate surface area is 112 Å². The molecule has 0 aromatic heterocycles. The second-order valence-electron chi connectivity index (χ2n) is 4.23. The standard InChI is InChI=1S/C12H11BrN2O3/c13-8-5-7-9(14-12(17)11(7)16)6-10(8)15-1-3-18-4-2-15/h5-6H,1-4H2,(H,14,16,17). The van der Waals surface area contributed by atoms with Gasteiger partial charge in [-0.05, 0) is 28.1 Å². The van der Waals surface area contributed by atoms with Crippen LogP contribution in [-0.2, 0) is 9.53 Å². The first-order chi connectivity index (χ1) is 8.66. The zero-order valence-electron chi connectivity index (χ0n) is 9.53. The van der Waals surface area contributed by atoms with Crippen LogP contribution in [0, 0.1) is 0 Å². The largest absolute Gasteiger partial charge is 0.378 e. The minimum Gasteiger partial charge on any atom is -0.378 e. The molecule has 0 radical (unpaired) electrons. The number of carbonyl (C=O) groups is 2. The lowest BCUT2D eigenvalue weighted by atomic mass is 10.1. The van der Waals surface area contributed by atoms with E-state index in [2.05, 4.69) is 26.1 Å². The van der Waals surface area contributed by atoms with Crippen LogP contribution >= 0.6 is 15.9 Å². The summed E-state index contributed by atoms with van der Waals surface area (Å²) in [7, 11) is 0. The number of carbonyl (C=O) groups excluding carboxylic acids is 2. The fourth-order valence-corrected chi connectivity index (χ4v) is 2.80. The van der Waals surface area contributed by atoms with Crippen molar-refractivity contribution in [1.29, 1.82) is 0 Å². The molecule has 2 aliphatic heterocycles. The molecule has 1 amide bonds. The average Bonchev–Trinajstić information content (AvgIpc) is 2.66. The summed E-state index contributed by atoms with van der Waals surface area (Å²) in [5.74, 6) is -1.03. The number of halogens is 1. The molecule has 2 heterocycles. The van der Waals surface area contributed by atoms with Gasteiger partial charge in [0, 0.05) is 17.6 Å². The normalized spacial score (nSPS) is 18.8. The average molecular weight is 311 g/mol. The van der Waals surface area contributed by atoms with Gasteiger partial charge in [0.2, 0.25) is 0 Å². The summed E-state index contributed by atoms with van der Waals surface area (Å²) in [5.41, 5.74) is 2.01. The number of anilines is 2. The van der Waals surface area contributed by atoms with Crippen molar-refractivity contribution >= 4 is 39.0 Å². The number of amides is 1. The predicted octanol–water partition coefficient (Wildman–Crippen LogP) is 1.42. The van der Waals surface area contributed by atoms with Gasteiger partial charge in [-0.2, -0.15) is 0 Å². The number of ether oxygens (including phenoxy) is 1. The Hall–Kier alpha value is -1.40. The maximum Gasteiger partial charge on any atom is 0.296 e. The van der Waals surface area contributed by atoms with Gasteiger partial charge in [0.05, 0.1) is 30.2 Å². The van der Waals surface area contributed by atoms with E-state index in [1.165, 1.54) is 0 Å². The predicted molar refractivity (Wildman–Crippen MR) is 70.1 cm³/mol. The first-order valence-electron chi connectivity index (χ1n) is 5.69. The van der Waals surface area contributed by atoms with E-state index in [0.29, 0.717) is 24.5 Å². The van der Waals surface area contributed by atoms with E-state index in [9.17, 15) is 9.59 Å². The number of nitrogens with one attached hydrogen (secondary N) is 1. The van der Waals surface area contributed by atoms with Gasteiger partial charge in [-0.25, -0.2) is 0 Å². The Kier molecular flexibility index (Phi) is 2.83.